The molecule has 0 bridgehead atoms. The average Bonchev–Trinajstić information content (AvgIpc) is 3.03. The lowest BCUT2D eigenvalue weighted by Crippen LogP contribution is -2.32. The maximum Gasteiger partial charge on any atom is 0.241 e. The molecule has 5 aromatic rings. The number of fused-ring (bicyclic) bond motifs is 2. The summed E-state index contributed by atoms with van der Waals surface area (Å²) in [5.74, 6) is 2.89. The smallest absolute Gasteiger partial charge is 0.241 e. The van der Waals surface area contributed by atoms with Crippen LogP contribution in [0.15, 0.2) is 95.9 Å². The van der Waals surface area contributed by atoms with Crippen molar-refractivity contribution in [1.29, 1.82) is 0 Å². The first-order valence-corrected chi connectivity index (χ1v) is 15.9. The van der Waals surface area contributed by atoms with Crippen molar-refractivity contribution in [2.45, 2.75) is 30.6 Å². The number of hydrogen-bond donors (Lipinski definition) is 3. The van der Waals surface area contributed by atoms with Crippen molar-refractivity contribution >= 4 is 49.2 Å². The minimum absolute atomic E-state index is 0.321. The summed E-state index contributed by atoms with van der Waals surface area (Å²) in [6, 6.07) is 28.7. The third-order valence-electron chi connectivity index (χ3n) is 8.05. The second-order valence-corrected chi connectivity index (χ2v) is 12.6. The molecule has 4 aromatic carbocycles. The molecule has 1 aliphatic rings. The molecule has 9 heteroatoms. The molecule has 1 aliphatic carbocycles. The fourth-order valence-corrected chi connectivity index (χ4v) is 7.04. The van der Waals surface area contributed by atoms with Crippen molar-refractivity contribution in [1.82, 2.24) is 14.7 Å². The highest BCUT2D eigenvalue weighted by molar-refractivity contribution is 7.89. The number of anilines is 3. The Labute approximate surface area is 246 Å². The summed E-state index contributed by atoms with van der Waals surface area (Å²) >= 11 is 0. The Hall–Kier alpha value is -4.21. The Kier molecular flexibility index (Phi) is 8.21. The van der Waals surface area contributed by atoms with E-state index in [2.05, 4.69) is 15.4 Å². The number of methoxy groups -OCH3 is 1. The number of nitrogens with one attached hydrogen (secondary N) is 3. The monoisotopic (exact) mass is 581 g/mol. The van der Waals surface area contributed by atoms with Crippen LogP contribution in [0.1, 0.15) is 25.7 Å². The van der Waals surface area contributed by atoms with Gasteiger partial charge in [-0.25, -0.2) is 18.1 Å². The number of sulfonamides is 1. The van der Waals surface area contributed by atoms with Gasteiger partial charge in [0, 0.05) is 35.6 Å². The largest absolute Gasteiger partial charge is 0.497 e. The number of aromatic nitrogens is 2. The van der Waals surface area contributed by atoms with Gasteiger partial charge in [0.05, 0.1) is 17.5 Å². The molecule has 0 spiro atoms. The fourth-order valence-electron chi connectivity index (χ4n) is 5.70. The van der Waals surface area contributed by atoms with Crippen molar-refractivity contribution in [3.05, 3.63) is 91.0 Å². The molecule has 216 valence electrons. The van der Waals surface area contributed by atoms with Crippen LogP contribution < -0.4 is 20.1 Å². The fraction of sp³-hybridized carbons (Fsp3) is 0.273. The van der Waals surface area contributed by atoms with E-state index in [1.54, 1.807) is 19.2 Å². The zero-order valence-corrected chi connectivity index (χ0v) is 24.4. The first kappa shape index (κ1) is 27.9. The molecule has 1 fully saturated rings. The number of nitrogens with zero attached hydrogens (tertiary/aromatic N) is 2. The van der Waals surface area contributed by atoms with Gasteiger partial charge in [0.25, 0.3) is 0 Å². The van der Waals surface area contributed by atoms with Crippen molar-refractivity contribution in [2.24, 2.45) is 11.8 Å². The van der Waals surface area contributed by atoms with Gasteiger partial charge in [0.1, 0.15) is 11.6 Å². The maximum absolute atomic E-state index is 13.1. The third kappa shape index (κ3) is 6.32. The zero-order valence-electron chi connectivity index (χ0n) is 23.6. The number of benzene rings is 4. The van der Waals surface area contributed by atoms with E-state index in [-0.39, 0.29) is 0 Å². The predicted molar refractivity (Wildman–Crippen MR) is 169 cm³/mol. The van der Waals surface area contributed by atoms with Crippen molar-refractivity contribution < 1.29 is 13.2 Å². The Bertz CT molecular complexity index is 1800. The molecule has 1 saturated carbocycles. The zero-order chi connectivity index (χ0) is 28.9. The topological polar surface area (TPSA) is 105 Å². The molecule has 6 rings (SSSR count). The summed E-state index contributed by atoms with van der Waals surface area (Å²) in [4.78, 5) is 9.90. The minimum Gasteiger partial charge on any atom is -0.497 e. The number of hydrogen-bond acceptors (Lipinski definition) is 7. The van der Waals surface area contributed by atoms with Crippen LogP contribution in [-0.2, 0) is 10.0 Å². The Morgan fingerprint density at radius 1 is 0.786 bits per heavy atom. The first-order chi connectivity index (χ1) is 20.5. The molecule has 0 saturated heterocycles. The van der Waals surface area contributed by atoms with E-state index in [1.165, 1.54) is 0 Å². The van der Waals surface area contributed by atoms with Gasteiger partial charge in [-0.2, -0.15) is 4.98 Å². The van der Waals surface area contributed by atoms with E-state index in [9.17, 15) is 8.42 Å². The van der Waals surface area contributed by atoms with E-state index in [4.69, 9.17) is 14.7 Å². The van der Waals surface area contributed by atoms with Crippen molar-refractivity contribution in [3.8, 4) is 5.75 Å². The van der Waals surface area contributed by atoms with E-state index in [1.807, 2.05) is 78.9 Å². The van der Waals surface area contributed by atoms with E-state index in [0.29, 0.717) is 29.2 Å². The van der Waals surface area contributed by atoms with Gasteiger partial charge in [0.2, 0.25) is 16.0 Å². The van der Waals surface area contributed by atoms with Gasteiger partial charge < -0.3 is 15.4 Å². The standard InChI is InChI=1S/C33H35N5O3S/c1-41-27-11-7-10-26(20-27)36-32-29-13-4-5-14-30(29)37-33(38-32)34-21-23-16-18-24(19-17-23)22-35-42(39,40)31-15-6-9-25-8-2-3-12-28(25)31/h2-15,20,23-24,35H,16-19,21-22H2,1H3,(H2,34,36,37,38). The summed E-state index contributed by atoms with van der Waals surface area (Å²) in [6.45, 7) is 1.23. The summed E-state index contributed by atoms with van der Waals surface area (Å²) in [7, 11) is -1.93. The SMILES string of the molecule is COc1cccc(Nc2nc(NCC3CCC(CNS(=O)(=O)c4cccc5ccccc45)CC3)nc3ccccc23)c1. The van der Waals surface area contributed by atoms with Gasteiger partial charge in [-0.05, 0) is 73.2 Å². The molecule has 1 aromatic heterocycles. The lowest BCUT2D eigenvalue weighted by Gasteiger charge is -2.28. The molecular formula is C33H35N5O3S. The normalized spacial score (nSPS) is 17.3. The second-order valence-electron chi connectivity index (χ2n) is 10.9. The van der Waals surface area contributed by atoms with E-state index < -0.39 is 10.0 Å². The van der Waals surface area contributed by atoms with Crippen LogP contribution in [0.4, 0.5) is 17.5 Å². The molecule has 8 nitrogen and oxygen atoms in total. The maximum atomic E-state index is 13.1. The highest BCUT2D eigenvalue weighted by Gasteiger charge is 2.24. The van der Waals surface area contributed by atoms with Gasteiger partial charge in [0.15, 0.2) is 0 Å². The molecule has 0 radical (unpaired) electrons. The molecule has 1 heterocycles. The third-order valence-corrected chi connectivity index (χ3v) is 9.53. The van der Waals surface area contributed by atoms with Gasteiger partial charge >= 0.3 is 0 Å². The van der Waals surface area contributed by atoms with Crippen molar-refractivity contribution in [2.75, 3.05) is 30.8 Å². The second kappa shape index (κ2) is 12.3. The van der Waals surface area contributed by atoms with Gasteiger partial charge in [-0.15, -0.1) is 0 Å². The molecule has 3 N–H and O–H groups in total. The van der Waals surface area contributed by atoms with Crippen LogP contribution >= 0.6 is 0 Å². The number of para-hydroxylation sites is 1. The average molecular weight is 582 g/mol. The molecule has 0 unspecified atom stereocenters. The Morgan fingerprint density at radius 2 is 1.48 bits per heavy atom. The lowest BCUT2D eigenvalue weighted by molar-refractivity contribution is 0.284. The quantitative estimate of drug-likeness (QED) is 0.168. The van der Waals surface area contributed by atoms with Crippen LogP contribution in [0.3, 0.4) is 0 Å². The van der Waals surface area contributed by atoms with Crippen LogP contribution in [0.5, 0.6) is 5.75 Å². The van der Waals surface area contributed by atoms with Gasteiger partial charge in [-0.1, -0.05) is 54.6 Å². The van der Waals surface area contributed by atoms with Crippen LogP contribution in [-0.4, -0.2) is 38.6 Å². The highest BCUT2D eigenvalue weighted by atomic mass is 32.2. The molecule has 42 heavy (non-hydrogen) atoms. The molecule has 0 atom stereocenters. The van der Waals surface area contributed by atoms with E-state index >= 15 is 0 Å². The first-order valence-electron chi connectivity index (χ1n) is 14.4. The van der Waals surface area contributed by atoms with Crippen LogP contribution in [0, 0.1) is 11.8 Å². The lowest BCUT2D eigenvalue weighted by atomic mass is 9.82. The van der Waals surface area contributed by atoms with E-state index in [0.717, 1.165) is 71.2 Å². The molecule has 0 amide bonds. The minimum atomic E-state index is -3.59. The highest BCUT2D eigenvalue weighted by Crippen LogP contribution is 2.31. The van der Waals surface area contributed by atoms with Crippen LogP contribution in [0.2, 0.25) is 0 Å². The van der Waals surface area contributed by atoms with Crippen molar-refractivity contribution in [3.63, 3.8) is 0 Å². The molecule has 0 aliphatic heterocycles. The molecular weight excluding hydrogens is 546 g/mol. The predicted octanol–water partition coefficient (Wildman–Crippen LogP) is 6.73. The Balaban J connectivity index is 1.05. The van der Waals surface area contributed by atoms with Crippen LogP contribution in [0.25, 0.3) is 21.7 Å². The Morgan fingerprint density at radius 3 is 2.29 bits per heavy atom. The summed E-state index contributed by atoms with van der Waals surface area (Å²) in [5.41, 5.74) is 1.75. The number of rotatable bonds is 10. The number of ether oxygens (including phenoxy) is 1. The summed E-state index contributed by atoms with van der Waals surface area (Å²) in [5, 5.41) is 9.51. The summed E-state index contributed by atoms with van der Waals surface area (Å²) < 4.78 is 34.5. The van der Waals surface area contributed by atoms with Gasteiger partial charge in [-0.3, -0.25) is 0 Å². The summed E-state index contributed by atoms with van der Waals surface area (Å²) in [6.07, 6.45) is 4.00.